The highest BCUT2D eigenvalue weighted by molar-refractivity contribution is 7.45. The van der Waals surface area contributed by atoms with Crippen molar-refractivity contribution in [3.05, 3.63) is 0 Å². The van der Waals surface area contributed by atoms with Crippen LogP contribution in [0.3, 0.4) is 0 Å². The van der Waals surface area contributed by atoms with E-state index < -0.39 is 7.82 Å². The van der Waals surface area contributed by atoms with Gasteiger partial charge in [0, 0.05) is 13.2 Å². The molecule has 0 saturated heterocycles. The van der Waals surface area contributed by atoms with Crippen LogP contribution in [-0.4, -0.2) is 27.9 Å². The van der Waals surface area contributed by atoms with Crippen LogP contribution in [0.15, 0.2) is 0 Å². The Hall–Kier alpha value is 0.0700. The smallest absolute Gasteiger partial charge is 0.381 e. The second kappa shape index (κ2) is 35.1. The summed E-state index contributed by atoms with van der Waals surface area (Å²) in [6, 6.07) is 0. The molecule has 0 amide bonds. The Balaban J connectivity index is 0. The summed E-state index contributed by atoms with van der Waals surface area (Å²) in [7, 11) is -4.64. The molecule has 0 fully saturated rings. The van der Waals surface area contributed by atoms with Crippen LogP contribution in [0.1, 0.15) is 194 Å². The van der Waals surface area contributed by atoms with E-state index in [0.29, 0.717) is 0 Å². The van der Waals surface area contributed by atoms with Gasteiger partial charge in [-0.25, -0.2) is 4.57 Å². The van der Waals surface area contributed by atoms with E-state index in [0.717, 1.165) is 13.2 Å². The summed E-state index contributed by atoms with van der Waals surface area (Å²) >= 11 is 0. The number of phosphoric acid groups is 1. The zero-order valence-corrected chi connectivity index (χ0v) is 26.7. The van der Waals surface area contributed by atoms with Crippen LogP contribution in [-0.2, 0) is 9.30 Å². The van der Waals surface area contributed by atoms with Gasteiger partial charge in [0.15, 0.2) is 0 Å². The Morgan fingerprint density at radius 3 is 0.711 bits per heavy atom. The van der Waals surface area contributed by atoms with Gasteiger partial charge in [0.05, 0.1) is 0 Å². The van der Waals surface area contributed by atoms with Crippen molar-refractivity contribution in [2.24, 2.45) is 0 Å². The molecular weight excluding hydrogens is 495 g/mol. The largest absolute Gasteiger partial charge is 0.466 e. The second-order valence-corrected chi connectivity index (χ2v) is 12.3. The first kappa shape index (κ1) is 40.2. The third-order valence-corrected chi connectivity index (χ3v) is 7.28. The van der Waals surface area contributed by atoms with Gasteiger partial charge in [0.1, 0.15) is 0 Å². The summed E-state index contributed by atoms with van der Waals surface area (Å²) in [5, 5.41) is 0. The van der Waals surface area contributed by atoms with Gasteiger partial charge in [-0.1, -0.05) is 181 Å². The molecule has 38 heavy (non-hydrogen) atoms. The lowest BCUT2D eigenvalue weighted by Gasteiger charge is -2.05. The molecule has 0 atom stereocenters. The molecule has 6 heteroatoms. The van der Waals surface area contributed by atoms with Crippen molar-refractivity contribution in [1.82, 2.24) is 0 Å². The molecule has 0 aliphatic heterocycles. The van der Waals surface area contributed by atoms with Crippen molar-refractivity contribution >= 4 is 7.82 Å². The molecule has 5 nitrogen and oxygen atoms in total. The van der Waals surface area contributed by atoms with E-state index in [9.17, 15) is 0 Å². The van der Waals surface area contributed by atoms with Gasteiger partial charge in [-0.2, -0.15) is 0 Å². The van der Waals surface area contributed by atoms with Gasteiger partial charge in [-0.3, -0.25) is 0 Å². The van der Waals surface area contributed by atoms with Crippen LogP contribution >= 0.6 is 7.82 Å². The van der Waals surface area contributed by atoms with Crippen LogP contribution in [0.25, 0.3) is 0 Å². The summed E-state index contributed by atoms with van der Waals surface area (Å²) in [6.07, 6.45) is 40.1. The van der Waals surface area contributed by atoms with Crippen LogP contribution in [0.2, 0.25) is 0 Å². The van der Waals surface area contributed by atoms with Gasteiger partial charge in [-0.05, 0) is 12.8 Å². The summed E-state index contributed by atoms with van der Waals surface area (Å²) in [4.78, 5) is 21.6. The van der Waals surface area contributed by atoms with E-state index in [-0.39, 0.29) is 0 Å². The van der Waals surface area contributed by atoms with Crippen molar-refractivity contribution in [3.8, 4) is 0 Å². The van der Waals surface area contributed by atoms with Crippen LogP contribution < -0.4 is 0 Å². The minimum Gasteiger partial charge on any atom is -0.381 e. The van der Waals surface area contributed by atoms with E-state index in [1.165, 1.54) is 180 Å². The number of rotatable bonds is 30. The minimum absolute atomic E-state index is 0.997. The predicted octanol–water partition coefficient (Wildman–Crippen LogP) is 11.0. The first-order valence-electron chi connectivity index (χ1n) is 16.8. The molecule has 0 spiro atoms. The maximum absolute atomic E-state index is 8.88. The molecule has 0 bridgehead atoms. The highest BCUT2D eigenvalue weighted by Crippen LogP contribution is 2.25. The predicted molar refractivity (Wildman–Crippen MR) is 166 cm³/mol. The SMILES string of the molecule is CCCCCCCCCCCCCCCCOCCCCCCCCCCCCCCCC.O=P(O)(O)O. The molecule has 0 aliphatic rings. The molecule has 0 radical (unpaired) electrons. The highest BCUT2D eigenvalue weighted by Gasteiger charge is 2.00. The maximum atomic E-state index is 8.88. The van der Waals surface area contributed by atoms with Gasteiger partial charge in [-0.15, -0.1) is 0 Å². The van der Waals surface area contributed by atoms with E-state index in [2.05, 4.69) is 13.8 Å². The van der Waals surface area contributed by atoms with Gasteiger partial charge in [0.25, 0.3) is 0 Å². The van der Waals surface area contributed by atoms with Crippen molar-refractivity contribution in [2.75, 3.05) is 13.2 Å². The molecule has 232 valence electrons. The Kier molecular flexibility index (Phi) is 37.1. The van der Waals surface area contributed by atoms with Crippen LogP contribution in [0, 0.1) is 0 Å². The Bertz CT molecular complexity index is 417. The van der Waals surface area contributed by atoms with Crippen molar-refractivity contribution < 1.29 is 24.0 Å². The summed E-state index contributed by atoms with van der Waals surface area (Å²) in [5.74, 6) is 0. The van der Waals surface area contributed by atoms with Crippen LogP contribution in [0.4, 0.5) is 0 Å². The zero-order chi connectivity index (χ0) is 28.4. The minimum atomic E-state index is -4.64. The highest BCUT2D eigenvalue weighted by atomic mass is 31.2. The average Bonchev–Trinajstić information content (AvgIpc) is 2.87. The second-order valence-electron chi connectivity index (χ2n) is 11.3. The Morgan fingerprint density at radius 2 is 0.526 bits per heavy atom. The van der Waals surface area contributed by atoms with Crippen molar-refractivity contribution in [1.29, 1.82) is 0 Å². The van der Waals surface area contributed by atoms with Crippen molar-refractivity contribution in [3.63, 3.8) is 0 Å². The monoisotopic (exact) mass is 564 g/mol. The molecule has 0 aromatic heterocycles. The molecular formula is C32H69O5P. The summed E-state index contributed by atoms with van der Waals surface area (Å²) < 4.78 is 14.7. The Morgan fingerprint density at radius 1 is 0.368 bits per heavy atom. The lowest BCUT2D eigenvalue weighted by Crippen LogP contribution is -1.97. The van der Waals surface area contributed by atoms with Gasteiger partial charge >= 0.3 is 7.82 Å². The molecule has 0 saturated carbocycles. The number of hydrogen-bond donors (Lipinski definition) is 3. The summed E-state index contributed by atoms with van der Waals surface area (Å²) in [6.45, 7) is 6.59. The third kappa shape index (κ3) is 49.1. The lowest BCUT2D eigenvalue weighted by atomic mass is 10.0. The standard InChI is InChI=1S/C32H66O.H3O4P/c1-3-5-7-9-11-13-15-17-19-21-23-25-27-29-31-33-32-30-28-26-24-22-20-18-16-14-12-10-8-6-4-2;1-5(2,3)4/h3-32H2,1-2H3;(H3,1,2,3,4). The normalized spacial score (nSPS) is 11.5. The zero-order valence-electron chi connectivity index (χ0n) is 25.8. The van der Waals surface area contributed by atoms with Crippen molar-refractivity contribution in [2.45, 2.75) is 194 Å². The lowest BCUT2D eigenvalue weighted by molar-refractivity contribution is 0.125. The fraction of sp³-hybridized carbons (Fsp3) is 1.00. The topological polar surface area (TPSA) is 87.0 Å². The fourth-order valence-electron chi connectivity index (χ4n) is 4.90. The molecule has 0 unspecified atom stereocenters. The van der Waals surface area contributed by atoms with E-state index in [4.69, 9.17) is 24.0 Å². The Labute approximate surface area is 238 Å². The summed E-state index contributed by atoms with van der Waals surface area (Å²) in [5.41, 5.74) is 0. The van der Waals surface area contributed by atoms with E-state index >= 15 is 0 Å². The molecule has 0 heterocycles. The average molecular weight is 565 g/mol. The quantitative estimate of drug-likeness (QED) is 0.0596. The molecule has 0 aromatic rings. The molecule has 0 aliphatic carbocycles. The van der Waals surface area contributed by atoms with E-state index in [1.807, 2.05) is 0 Å². The molecule has 0 aromatic carbocycles. The van der Waals surface area contributed by atoms with Gasteiger partial charge < -0.3 is 19.4 Å². The van der Waals surface area contributed by atoms with Crippen LogP contribution in [0.5, 0.6) is 0 Å². The first-order valence-corrected chi connectivity index (χ1v) is 18.3. The molecule has 0 rings (SSSR count). The van der Waals surface area contributed by atoms with Gasteiger partial charge in [0.2, 0.25) is 0 Å². The maximum Gasteiger partial charge on any atom is 0.466 e. The molecule has 3 N–H and O–H groups in total. The number of ether oxygens (including phenoxy) is 1. The van der Waals surface area contributed by atoms with E-state index in [1.54, 1.807) is 0 Å². The fourth-order valence-corrected chi connectivity index (χ4v) is 4.90. The first-order chi connectivity index (χ1) is 18.4. The third-order valence-electron chi connectivity index (χ3n) is 7.28. The number of hydrogen-bond acceptors (Lipinski definition) is 2. The number of unbranched alkanes of at least 4 members (excludes halogenated alkanes) is 26.